The van der Waals surface area contributed by atoms with E-state index < -0.39 is 36.6 Å². The van der Waals surface area contributed by atoms with Crippen LogP contribution in [0, 0.1) is 0 Å². The van der Waals surface area contributed by atoms with Gasteiger partial charge >= 0.3 is 5.69 Å². The van der Waals surface area contributed by atoms with Crippen LogP contribution in [0.2, 0.25) is 0 Å². The standard InChI is InChI=1S/C9H11BrFN3O5/c10-3-1-14(8(17)13-6(3)12)7-9(11,18)5(16)4(2-15)19-7/h1,4-5,7,15-16,18H,2H2,(H2,12,13,17)/t4-,5-,7-,9+/m1/s1. The van der Waals surface area contributed by atoms with Gasteiger partial charge in [0.2, 0.25) is 0 Å². The number of alkyl halides is 1. The number of aromatic nitrogens is 2. The Kier molecular flexibility index (Phi) is 3.62. The highest BCUT2D eigenvalue weighted by Crippen LogP contribution is 2.39. The van der Waals surface area contributed by atoms with Gasteiger partial charge in [-0.05, 0) is 15.9 Å². The van der Waals surface area contributed by atoms with E-state index in [0.717, 1.165) is 6.20 Å². The zero-order valence-electron chi connectivity index (χ0n) is 9.40. The third-order valence-corrected chi connectivity index (χ3v) is 3.39. The summed E-state index contributed by atoms with van der Waals surface area (Å²) in [6, 6.07) is 0. The van der Waals surface area contributed by atoms with Crippen LogP contribution in [0.4, 0.5) is 10.2 Å². The van der Waals surface area contributed by atoms with E-state index in [4.69, 9.17) is 15.6 Å². The predicted molar refractivity (Wildman–Crippen MR) is 63.7 cm³/mol. The molecule has 8 nitrogen and oxygen atoms in total. The Morgan fingerprint density at radius 3 is 2.84 bits per heavy atom. The second-order valence-electron chi connectivity index (χ2n) is 4.05. The number of aliphatic hydroxyl groups is 3. The topological polar surface area (TPSA) is 131 Å². The summed E-state index contributed by atoms with van der Waals surface area (Å²) in [6.07, 6.45) is -4.11. The molecule has 0 unspecified atom stereocenters. The minimum Gasteiger partial charge on any atom is -0.394 e. The van der Waals surface area contributed by atoms with E-state index in [-0.39, 0.29) is 10.3 Å². The Labute approximate surface area is 114 Å². The van der Waals surface area contributed by atoms with Crippen molar-refractivity contribution in [3.05, 3.63) is 21.2 Å². The predicted octanol–water partition coefficient (Wildman–Crippen LogP) is -1.50. The first-order valence-corrected chi connectivity index (χ1v) is 5.98. The molecule has 1 fully saturated rings. The molecule has 1 aliphatic rings. The van der Waals surface area contributed by atoms with Gasteiger partial charge in [-0.25, -0.2) is 9.18 Å². The number of nitrogens with zero attached hydrogens (tertiary/aromatic N) is 2. The molecule has 10 heteroatoms. The molecule has 1 saturated heterocycles. The zero-order valence-corrected chi connectivity index (χ0v) is 11.0. The summed E-state index contributed by atoms with van der Waals surface area (Å²) in [5.74, 6) is -3.35. The van der Waals surface area contributed by atoms with Gasteiger partial charge in [0.1, 0.15) is 18.0 Å². The van der Waals surface area contributed by atoms with Crippen molar-refractivity contribution in [2.24, 2.45) is 0 Å². The van der Waals surface area contributed by atoms with Gasteiger partial charge in [0.05, 0.1) is 11.1 Å². The molecule has 4 atom stereocenters. The number of halogens is 2. The van der Waals surface area contributed by atoms with Crippen LogP contribution in [0.5, 0.6) is 0 Å². The van der Waals surface area contributed by atoms with Gasteiger partial charge in [-0.15, -0.1) is 0 Å². The molecule has 0 bridgehead atoms. The third-order valence-electron chi connectivity index (χ3n) is 2.78. The molecule has 2 heterocycles. The average Bonchev–Trinajstić information content (AvgIpc) is 2.56. The Morgan fingerprint density at radius 2 is 2.32 bits per heavy atom. The maximum absolute atomic E-state index is 14.0. The van der Waals surface area contributed by atoms with Crippen LogP contribution >= 0.6 is 15.9 Å². The van der Waals surface area contributed by atoms with Crippen molar-refractivity contribution < 1.29 is 24.4 Å². The normalized spacial score (nSPS) is 34.7. The Hall–Kier alpha value is -1.07. The monoisotopic (exact) mass is 339 g/mol. The summed E-state index contributed by atoms with van der Waals surface area (Å²) in [6.45, 7) is -0.720. The number of ether oxygens (including phenoxy) is 1. The lowest BCUT2D eigenvalue weighted by atomic mass is 10.1. The molecular weight excluding hydrogens is 329 g/mol. The molecule has 0 saturated carbocycles. The number of nitrogens with two attached hydrogens (primary N) is 1. The number of rotatable bonds is 2. The molecule has 1 aromatic rings. The van der Waals surface area contributed by atoms with Crippen molar-refractivity contribution in [3.63, 3.8) is 0 Å². The molecule has 106 valence electrons. The molecule has 1 aromatic heterocycles. The van der Waals surface area contributed by atoms with Gasteiger partial charge in [0, 0.05) is 6.20 Å². The number of hydrogen-bond acceptors (Lipinski definition) is 7. The quantitative estimate of drug-likeness (QED) is 0.515. The summed E-state index contributed by atoms with van der Waals surface area (Å²) in [5, 5.41) is 28.0. The van der Waals surface area contributed by atoms with E-state index >= 15 is 0 Å². The van der Waals surface area contributed by atoms with E-state index in [9.17, 15) is 19.4 Å². The highest BCUT2D eigenvalue weighted by molar-refractivity contribution is 9.10. The van der Waals surface area contributed by atoms with E-state index in [1.807, 2.05) is 0 Å². The van der Waals surface area contributed by atoms with E-state index in [1.54, 1.807) is 0 Å². The molecule has 0 amide bonds. The highest BCUT2D eigenvalue weighted by Gasteiger charge is 2.57. The summed E-state index contributed by atoms with van der Waals surface area (Å²) in [7, 11) is 0. The van der Waals surface area contributed by atoms with Gasteiger partial charge in [-0.3, -0.25) is 4.57 Å². The first kappa shape index (κ1) is 14.3. The van der Waals surface area contributed by atoms with Crippen LogP contribution < -0.4 is 11.4 Å². The fourth-order valence-corrected chi connectivity index (χ4v) is 2.08. The van der Waals surface area contributed by atoms with Crippen LogP contribution in [-0.4, -0.2) is 49.5 Å². The smallest absolute Gasteiger partial charge is 0.351 e. The minimum atomic E-state index is -3.24. The Bertz CT molecular complexity index is 551. The lowest BCUT2D eigenvalue weighted by Gasteiger charge is -2.23. The summed E-state index contributed by atoms with van der Waals surface area (Å²) in [4.78, 5) is 15.0. The maximum Gasteiger partial charge on any atom is 0.351 e. The highest BCUT2D eigenvalue weighted by atomic mass is 79.9. The zero-order chi connectivity index (χ0) is 14.4. The molecule has 0 spiro atoms. The van der Waals surface area contributed by atoms with E-state index in [2.05, 4.69) is 20.9 Å². The largest absolute Gasteiger partial charge is 0.394 e. The van der Waals surface area contributed by atoms with Crippen molar-refractivity contribution in [1.82, 2.24) is 9.55 Å². The lowest BCUT2D eigenvalue weighted by molar-refractivity contribution is -0.197. The minimum absolute atomic E-state index is 0.110. The molecule has 0 aromatic carbocycles. The Morgan fingerprint density at radius 1 is 1.68 bits per heavy atom. The fourth-order valence-electron chi connectivity index (χ4n) is 1.77. The second-order valence-corrected chi connectivity index (χ2v) is 4.90. The van der Waals surface area contributed by atoms with Crippen molar-refractivity contribution in [1.29, 1.82) is 0 Å². The van der Waals surface area contributed by atoms with Crippen molar-refractivity contribution in [3.8, 4) is 0 Å². The second kappa shape index (κ2) is 4.80. The number of nitrogen functional groups attached to an aromatic ring is 1. The van der Waals surface area contributed by atoms with Gasteiger partial charge in [0.15, 0.2) is 6.23 Å². The van der Waals surface area contributed by atoms with Gasteiger partial charge in [0.25, 0.3) is 5.85 Å². The molecule has 0 radical (unpaired) electrons. The number of aliphatic hydroxyl groups excluding tert-OH is 2. The number of hydrogen-bond donors (Lipinski definition) is 4. The first-order valence-electron chi connectivity index (χ1n) is 5.19. The van der Waals surface area contributed by atoms with Crippen LogP contribution in [-0.2, 0) is 4.74 Å². The summed E-state index contributed by atoms with van der Waals surface area (Å²) < 4.78 is 19.8. The van der Waals surface area contributed by atoms with Gasteiger partial charge in [-0.1, -0.05) is 0 Å². The van der Waals surface area contributed by atoms with E-state index in [1.165, 1.54) is 0 Å². The maximum atomic E-state index is 14.0. The van der Waals surface area contributed by atoms with E-state index in [0.29, 0.717) is 4.57 Å². The van der Waals surface area contributed by atoms with Gasteiger partial charge < -0.3 is 25.8 Å². The van der Waals surface area contributed by atoms with Crippen molar-refractivity contribution in [2.75, 3.05) is 12.3 Å². The molecule has 5 N–H and O–H groups in total. The first-order chi connectivity index (χ1) is 8.78. The summed E-state index contributed by atoms with van der Waals surface area (Å²) >= 11 is 2.99. The van der Waals surface area contributed by atoms with Crippen LogP contribution in [0.25, 0.3) is 0 Å². The van der Waals surface area contributed by atoms with Gasteiger partial charge in [-0.2, -0.15) is 4.98 Å². The molecule has 1 aliphatic heterocycles. The molecule has 0 aliphatic carbocycles. The number of anilines is 1. The lowest BCUT2D eigenvalue weighted by Crippen LogP contribution is -2.45. The third kappa shape index (κ3) is 2.25. The van der Waals surface area contributed by atoms with Crippen LogP contribution in [0.1, 0.15) is 6.23 Å². The van der Waals surface area contributed by atoms with Crippen molar-refractivity contribution in [2.45, 2.75) is 24.3 Å². The molecule has 19 heavy (non-hydrogen) atoms. The molecular formula is C9H11BrFN3O5. The van der Waals surface area contributed by atoms with Crippen molar-refractivity contribution >= 4 is 21.7 Å². The average molecular weight is 340 g/mol. The molecule has 2 rings (SSSR count). The Balaban J connectivity index is 2.48. The fraction of sp³-hybridized carbons (Fsp3) is 0.556. The van der Waals surface area contributed by atoms with Crippen LogP contribution in [0.3, 0.4) is 0 Å². The van der Waals surface area contributed by atoms with Crippen LogP contribution in [0.15, 0.2) is 15.5 Å². The summed E-state index contributed by atoms with van der Waals surface area (Å²) in [5.41, 5.74) is 4.41. The SMILES string of the molecule is Nc1nc(=O)n([C@@H]2O[C@H](CO)[C@@H](O)[C@@]2(O)F)cc1Br.